The number of hydrogen-bond acceptors (Lipinski definition) is 4. The van der Waals surface area contributed by atoms with Gasteiger partial charge >= 0.3 is 5.97 Å². The molecule has 2 rings (SSSR count). The third-order valence-corrected chi connectivity index (χ3v) is 2.95. The summed E-state index contributed by atoms with van der Waals surface area (Å²) < 4.78 is 6.43. The number of aromatic nitrogens is 3. The molecule has 0 bridgehead atoms. The Balaban J connectivity index is 2.53. The van der Waals surface area contributed by atoms with E-state index in [1.165, 1.54) is 13.3 Å². The lowest BCUT2D eigenvalue weighted by Crippen LogP contribution is -2.07. The first-order valence-electron chi connectivity index (χ1n) is 5.63. The number of methoxy groups -OCH3 is 1. The minimum atomic E-state index is -0.494. The van der Waals surface area contributed by atoms with Crippen LogP contribution in [0.25, 0.3) is 11.0 Å². The topological polar surface area (TPSA) is 57.0 Å². The number of carbonyl (C=O) groups is 1. The zero-order valence-corrected chi connectivity index (χ0v) is 11.2. The predicted octanol–water partition coefficient (Wildman–Crippen LogP) is 2.53. The van der Waals surface area contributed by atoms with Crippen LogP contribution in [-0.2, 0) is 11.3 Å². The summed E-state index contributed by atoms with van der Waals surface area (Å²) >= 11 is 6.17. The van der Waals surface area contributed by atoms with E-state index in [4.69, 9.17) is 11.6 Å². The fraction of sp³-hybridized carbons (Fsp3) is 0.417. The van der Waals surface area contributed by atoms with E-state index in [9.17, 15) is 4.79 Å². The molecule has 2 aromatic rings. The molecule has 5 nitrogen and oxygen atoms in total. The van der Waals surface area contributed by atoms with Gasteiger partial charge in [0, 0.05) is 12.7 Å². The van der Waals surface area contributed by atoms with E-state index in [1.807, 2.05) is 0 Å². The number of halogens is 1. The molecule has 18 heavy (non-hydrogen) atoms. The second-order valence-electron chi connectivity index (χ2n) is 4.44. The monoisotopic (exact) mass is 267 g/mol. The highest BCUT2D eigenvalue weighted by Gasteiger charge is 2.17. The molecule has 0 aliphatic rings. The van der Waals surface area contributed by atoms with E-state index in [0.717, 1.165) is 6.54 Å². The van der Waals surface area contributed by atoms with Crippen molar-refractivity contribution in [3.05, 3.63) is 23.0 Å². The van der Waals surface area contributed by atoms with E-state index >= 15 is 0 Å². The summed E-state index contributed by atoms with van der Waals surface area (Å²) in [5.41, 5.74) is 0.942. The minimum absolute atomic E-state index is 0.260. The van der Waals surface area contributed by atoms with Gasteiger partial charge in [-0.25, -0.2) is 14.5 Å². The van der Waals surface area contributed by atoms with Gasteiger partial charge in [-0.05, 0) is 5.92 Å². The lowest BCUT2D eigenvalue weighted by Gasteiger charge is -2.07. The highest BCUT2D eigenvalue weighted by molar-refractivity contribution is 6.38. The molecule has 0 aliphatic heterocycles. The zero-order chi connectivity index (χ0) is 13.3. The normalized spacial score (nSPS) is 11.2. The summed E-state index contributed by atoms with van der Waals surface area (Å²) in [7, 11) is 1.31. The van der Waals surface area contributed by atoms with Crippen LogP contribution in [0, 0.1) is 5.92 Å². The molecule has 0 aromatic carbocycles. The Bertz CT molecular complexity index is 592. The average Bonchev–Trinajstić information content (AvgIpc) is 2.72. The summed E-state index contributed by atoms with van der Waals surface area (Å²) in [6.07, 6.45) is 3.05. The van der Waals surface area contributed by atoms with Crippen LogP contribution in [-0.4, -0.2) is 27.8 Å². The molecule has 0 saturated heterocycles. The van der Waals surface area contributed by atoms with Crippen LogP contribution in [0.15, 0.2) is 12.4 Å². The van der Waals surface area contributed by atoms with Crippen LogP contribution in [0.2, 0.25) is 5.02 Å². The van der Waals surface area contributed by atoms with Gasteiger partial charge in [-0.3, -0.25) is 0 Å². The molecular formula is C12H14ClN3O2. The molecule has 0 fully saturated rings. The van der Waals surface area contributed by atoms with Gasteiger partial charge in [-0.2, -0.15) is 5.10 Å². The summed E-state index contributed by atoms with van der Waals surface area (Å²) in [6, 6.07) is 0. The highest BCUT2D eigenvalue weighted by atomic mass is 35.5. The maximum Gasteiger partial charge on any atom is 0.340 e. The van der Waals surface area contributed by atoms with Crippen molar-refractivity contribution in [2.45, 2.75) is 20.4 Å². The van der Waals surface area contributed by atoms with Crippen LogP contribution in [0.3, 0.4) is 0 Å². The molecule has 0 N–H and O–H groups in total. The van der Waals surface area contributed by atoms with Crippen molar-refractivity contribution >= 4 is 28.6 Å². The van der Waals surface area contributed by atoms with Crippen molar-refractivity contribution in [2.75, 3.05) is 7.11 Å². The van der Waals surface area contributed by atoms with Crippen molar-refractivity contribution in [1.82, 2.24) is 14.8 Å². The molecule has 2 aromatic heterocycles. The average molecular weight is 268 g/mol. The fourth-order valence-corrected chi connectivity index (χ4v) is 1.99. The molecule has 0 amide bonds. The first-order valence-corrected chi connectivity index (χ1v) is 6.00. The number of rotatable bonds is 3. The fourth-order valence-electron chi connectivity index (χ4n) is 1.73. The predicted molar refractivity (Wildman–Crippen MR) is 68.7 cm³/mol. The van der Waals surface area contributed by atoms with Crippen molar-refractivity contribution in [2.24, 2.45) is 5.92 Å². The number of pyridine rings is 1. The Labute approximate surface area is 110 Å². The van der Waals surface area contributed by atoms with Crippen LogP contribution in [0.4, 0.5) is 0 Å². The maximum atomic E-state index is 11.5. The van der Waals surface area contributed by atoms with Crippen LogP contribution in [0.5, 0.6) is 0 Å². The molecule has 2 heterocycles. The van der Waals surface area contributed by atoms with E-state index in [1.54, 1.807) is 10.9 Å². The number of ether oxygens (including phenoxy) is 1. The molecule has 0 aliphatic carbocycles. The SMILES string of the molecule is COC(=O)c1cnc2c(cnn2CC(C)C)c1Cl. The Morgan fingerprint density at radius 2 is 2.22 bits per heavy atom. The largest absolute Gasteiger partial charge is 0.465 e. The van der Waals surface area contributed by atoms with Gasteiger partial charge in [0.1, 0.15) is 0 Å². The Kier molecular flexibility index (Phi) is 3.52. The van der Waals surface area contributed by atoms with Gasteiger partial charge in [0.15, 0.2) is 5.65 Å². The third-order valence-electron chi connectivity index (χ3n) is 2.54. The Morgan fingerprint density at radius 1 is 1.50 bits per heavy atom. The Morgan fingerprint density at radius 3 is 2.83 bits per heavy atom. The number of esters is 1. The molecule has 0 unspecified atom stereocenters. The second kappa shape index (κ2) is 4.94. The number of nitrogens with zero attached hydrogens (tertiary/aromatic N) is 3. The summed E-state index contributed by atoms with van der Waals surface area (Å²) in [4.78, 5) is 15.7. The van der Waals surface area contributed by atoms with Gasteiger partial charge in [0.05, 0.1) is 29.3 Å². The number of hydrogen-bond donors (Lipinski definition) is 0. The van der Waals surface area contributed by atoms with E-state index in [2.05, 4.69) is 28.7 Å². The summed E-state index contributed by atoms with van der Waals surface area (Å²) in [5.74, 6) is -0.0417. The first-order chi connectivity index (χ1) is 8.54. The molecule has 6 heteroatoms. The maximum absolute atomic E-state index is 11.5. The summed E-state index contributed by atoms with van der Waals surface area (Å²) in [5, 5.41) is 5.24. The van der Waals surface area contributed by atoms with Crippen molar-refractivity contribution < 1.29 is 9.53 Å². The highest BCUT2D eigenvalue weighted by Crippen LogP contribution is 2.26. The smallest absolute Gasteiger partial charge is 0.340 e. The Hall–Kier alpha value is -1.62. The molecule has 0 saturated carbocycles. The van der Waals surface area contributed by atoms with Gasteiger partial charge in [-0.1, -0.05) is 25.4 Å². The number of fused-ring (bicyclic) bond motifs is 1. The van der Waals surface area contributed by atoms with Crippen LogP contribution in [0.1, 0.15) is 24.2 Å². The quantitative estimate of drug-likeness (QED) is 0.802. The second-order valence-corrected chi connectivity index (χ2v) is 4.81. The summed E-state index contributed by atoms with van der Waals surface area (Å²) in [6.45, 7) is 4.94. The van der Waals surface area contributed by atoms with E-state index in [0.29, 0.717) is 22.0 Å². The lowest BCUT2D eigenvalue weighted by molar-refractivity contribution is 0.0600. The molecule has 0 spiro atoms. The van der Waals surface area contributed by atoms with Crippen molar-refractivity contribution in [1.29, 1.82) is 0 Å². The zero-order valence-electron chi connectivity index (χ0n) is 10.5. The molecule has 96 valence electrons. The van der Waals surface area contributed by atoms with Crippen molar-refractivity contribution in [3.8, 4) is 0 Å². The standard InChI is InChI=1S/C12H14ClN3O2/c1-7(2)6-16-11-8(5-15-16)10(13)9(4-14-11)12(17)18-3/h4-5,7H,6H2,1-3H3. The third kappa shape index (κ3) is 2.18. The van der Waals surface area contributed by atoms with Crippen molar-refractivity contribution in [3.63, 3.8) is 0 Å². The van der Waals surface area contributed by atoms with Crippen LogP contribution < -0.4 is 0 Å². The molecule has 0 radical (unpaired) electrons. The van der Waals surface area contributed by atoms with Gasteiger partial charge in [0.25, 0.3) is 0 Å². The van der Waals surface area contributed by atoms with E-state index in [-0.39, 0.29) is 5.56 Å². The molecule has 0 atom stereocenters. The molecular weight excluding hydrogens is 254 g/mol. The van der Waals surface area contributed by atoms with Crippen LogP contribution >= 0.6 is 11.6 Å². The van der Waals surface area contributed by atoms with E-state index < -0.39 is 5.97 Å². The number of carbonyl (C=O) groups excluding carboxylic acids is 1. The van der Waals surface area contributed by atoms with Gasteiger partial charge in [-0.15, -0.1) is 0 Å². The minimum Gasteiger partial charge on any atom is -0.465 e. The van der Waals surface area contributed by atoms with Gasteiger partial charge in [0.2, 0.25) is 0 Å². The first kappa shape index (κ1) is 12.8. The lowest BCUT2D eigenvalue weighted by atomic mass is 10.2. The van der Waals surface area contributed by atoms with Gasteiger partial charge < -0.3 is 4.74 Å².